The predicted octanol–water partition coefficient (Wildman–Crippen LogP) is 1.47. The number of ether oxygens (including phenoxy) is 1. The minimum Gasteiger partial charge on any atom is -0.497 e. The van der Waals surface area contributed by atoms with Crippen molar-refractivity contribution in [3.8, 4) is 5.75 Å². The van der Waals surface area contributed by atoms with Gasteiger partial charge in [-0.2, -0.15) is 0 Å². The highest BCUT2D eigenvalue weighted by Gasteiger charge is 2.29. The first-order chi connectivity index (χ1) is 9.10. The zero-order chi connectivity index (χ0) is 13.8. The molecule has 2 rings (SSSR count). The number of guanidine groups is 1. The van der Waals surface area contributed by atoms with Crippen molar-refractivity contribution in [2.24, 2.45) is 10.9 Å². The van der Waals surface area contributed by atoms with E-state index in [4.69, 9.17) is 4.74 Å². The second-order valence-electron chi connectivity index (χ2n) is 4.92. The van der Waals surface area contributed by atoms with Crippen LogP contribution in [0.1, 0.15) is 25.5 Å². The molecule has 2 N–H and O–H groups in total. The SMILES string of the molecule is COc1ccc(C2NC(=NCC(C)C)NC2=O)cc1. The van der Waals surface area contributed by atoms with Crippen LogP contribution in [0.25, 0.3) is 0 Å². The van der Waals surface area contributed by atoms with Crippen LogP contribution < -0.4 is 15.4 Å². The van der Waals surface area contributed by atoms with Crippen LogP contribution in [0.3, 0.4) is 0 Å². The number of nitrogens with zero attached hydrogens (tertiary/aromatic N) is 1. The Morgan fingerprint density at radius 3 is 2.58 bits per heavy atom. The zero-order valence-electron chi connectivity index (χ0n) is 11.4. The molecule has 1 aliphatic rings. The number of rotatable bonds is 4. The van der Waals surface area contributed by atoms with Crippen LogP contribution in [0, 0.1) is 5.92 Å². The summed E-state index contributed by atoms with van der Waals surface area (Å²) < 4.78 is 5.10. The van der Waals surface area contributed by atoms with Gasteiger partial charge in [0.2, 0.25) is 0 Å². The normalized spacial score (nSPS) is 20.5. The fourth-order valence-electron chi connectivity index (χ4n) is 1.82. The van der Waals surface area contributed by atoms with E-state index in [1.54, 1.807) is 7.11 Å². The van der Waals surface area contributed by atoms with Crippen molar-refractivity contribution in [2.75, 3.05) is 13.7 Å². The van der Waals surface area contributed by atoms with Crippen LogP contribution in [0.4, 0.5) is 0 Å². The summed E-state index contributed by atoms with van der Waals surface area (Å²) in [5, 5.41) is 5.85. The number of amides is 1. The molecular formula is C14H19N3O2. The number of hydrogen-bond donors (Lipinski definition) is 2. The van der Waals surface area contributed by atoms with E-state index >= 15 is 0 Å². The molecule has 1 aromatic carbocycles. The molecule has 0 aromatic heterocycles. The second kappa shape index (κ2) is 5.73. The van der Waals surface area contributed by atoms with Gasteiger partial charge in [0.1, 0.15) is 11.8 Å². The molecule has 0 aliphatic carbocycles. The van der Waals surface area contributed by atoms with Gasteiger partial charge in [-0.1, -0.05) is 26.0 Å². The van der Waals surface area contributed by atoms with E-state index in [0.29, 0.717) is 18.4 Å². The Bertz CT molecular complexity index is 480. The van der Waals surface area contributed by atoms with Crippen molar-refractivity contribution < 1.29 is 9.53 Å². The Morgan fingerprint density at radius 1 is 1.32 bits per heavy atom. The quantitative estimate of drug-likeness (QED) is 0.862. The van der Waals surface area contributed by atoms with E-state index in [9.17, 15) is 4.79 Å². The first-order valence-electron chi connectivity index (χ1n) is 6.36. The maximum Gasteiger partial charge on any atom is 0.253 e. The third kappa shape index (κ3) is 3.24. The van der Waals surface area contributed by atoms with E-state index in [-0.39, 0.29) is 11.9 Å². The van der Waals surface area contributed by atoms with Crippen molar-refractivity contribution in [1.29, 1.82) is 0 Å². The number of nitrogens with one attached hydrogen (secondary N) is 2. The van der Waals surface area contributed by atoms with Crippen LogP contribution >= 0.6 is 0 Å². The van der Waals surface area contributed by atoms with Crippen molar-refractivity contribution in [2.45, 2.75) is 19.9 Å². The number of carbonyl (C=O) groups excluding carboxylic acids is 1. The smallest absolute Gasteiger partial charge is 0.253 e. The number of hydrogen-bond acceptors (Lipinski definition) is 3. The molecule has 1 aliphatic heterocycles. The summed E-state index contributed by atoms with van der Waals surface area (Å²) >= 11 is 0. The first-order valence-corrected chi connectivity index (χ1v) is 6.36. The summed E-state index contributed by atoms with van der Waals surface area (Å²) in [6.07, 6.45) is 0. The van der Waals surface area contributed by atoms with E-state index in [1.165, 1.54) is 0 Å². The highest BCUT2D eigenvalue weighted by atomic mass is 16.5. The minimum atomic E-state index is -0.378. The number of benzene rings is 1. The Hall–Kier alpha value is -2.04. The Morgan fingerprint density at radius 2 is 2.00 bits per heavy atom. The third-order valence-corrected chi connectivity index (χ3v) is 2.85. The number of aliphatic imine (C=N–C) groups is 1. The summed E-state index contributed by atoms with van der Waals surface area (Å²) in [4.78, 5) is 16.2. The fraction of sp³-hybridized carbons (Fsp3) is 0.429. The predicted molar refractivity (Wildman–Crippen MR) is 74.2 cm³/mol. The third-order valence-electron chi connectivity index (χ3n) is 2.85. The molecule has 0 saturated carbocycles. The summed E-state index contributed by atoms with van der Waals surface area (Å²) in [6.45, 7) is 4.86. The number of carbonyl (C=O) groups is 1. The molecule has 0 bridgehead atoms. The molecule has 1 saturated heterocycles. The summed E-state index contributed by atoms with van der Waals surface area (Å²) in [5.41, 5.74) is 0.896. The molecule has 1 aromatic rings. The average Bonchev–Trinajstić information content (AvgIpc) is 2.78. The molecule has 1 amide bonds. The topological polar surface area (TPSA) is 62.7 Å². The van der Waals surface area contributed by atoms with E-state index in [1.807, 2.05) is 24.3 Å². The summed E-state index contributed by atoms with van der Waals surface area (Å²) in [7, 11) is 1.62. The van der Waals surface area contributed by atoms with Crippen LogP contribution in [-0.4, -0.2) is 25.5 Å². The van der Waals surface area contributed by atoms with Crippen molar-refractivity contribution in [3.63, 3.8) is 0 Å². The van der Waals surface area contributed by atoms with Gasteiger partial charge >= 0.3 is 0 Å². The standard InChI is InChI=1S/C14H19N3O2/c1-9(2)8-15-14-16-12(13(18)17-14)10-4-6-11(19-3)7-5-10/h4-7,9,12H,8H2,1-3H3,(H2,15,16,17,18). The lowest BCUT2D eigenvalue weighted by atomic mass is 10.1. The monoisotopic (exact) mass is 261 g/mol. The van der Waals surface area contributed by atoms with Crippen molar-refractivity contribution in [3.05, 3.63) is 29.8 Å². The molecule has 5 nitrogen and oxygen atoms in total. The molecule has 102 valence electrons. The Labute approximate surface area is 113 Å². The number of methoxy groups -OCH3 is 1. The highest BCUT2D eigenvalue weighted by Crippen LogP contribution is 2.19. The maximum absolute atomic E-state index is 11.9. The molecule has 19 heavy (non-hydrogen) atoms. The first kappa shape index (κ1) is 13.4. The lowest BCUT2D eigenvalue weighted by Crippen LogP contribution is -2.26. The van der Waals surface area contributed by atoms with E-state index in [2.05, 4.69) is 29.5 Å². The van der Waals surface area contributed by atoms with Crippen molar-refractivity contribution >= 4 is 11.9 Å². The summed E-state index contributed by atoms with van der Waals surface area (Å²) in [6, 6.07) is 7.06. The van der Waals surface area contributed by atoms with Crippen LogP contribution in [0.15, 0.2) is 29.3 Å². The van der Waals surface area contributed by atoms with Gasteiger partial charge in [0, 0.05) is 6.54 Å². The molecule has 1 unspecified atom stereocenters. The second-order valence-corrected chi connectivity index (χ2v) is 4.92. The highest BCUT2D eigenvalue weighted by molar-refractivity contribution is 6.06. The molecule has 0 radical (unpaired) electrons. The largest absolute Gasteiger partial charge is 0.497 e. The van der Waals surface area contributed by atoms with Crippen LogP contribution in [-0.2, 0) is 4.79 Å². The zero-order valence-corrected chi connectivity index (χ0v) is 11.4. The van der Waals surface area contributed by atoms with Gasteiger partial charge in [0.25, 0.3) is 5.91 Å². The van der Waals surface area contributed by atoms with E-state index < -0.39 is 0 Å². The van der Waals surface area contributed by atoms with Crippen LogP contribution in [0.2, 0.25) is 0 Å². The van der Waals surface area contributed by atoms with Gasteiger partial charge in [-0.3, -0.25) is 15.1 Å². The van der Waals surface area contributed by atoms with Gasteiger partial charge < -0.3 is 10.1 Å². The van der Waals surface area contributed by atoms with Gasteiger partial charge in [-0.05, 0) is 23.6 Å². The lowest BCUT2D eigenvalue weighted by molar-refractivity contribution is -0.120. The molecule has 5 heteroatoms. The Balaban J connectivity index is 2.08. The van der Waals surface area contributed by atoms with Gasteiger partial charge in [0.05, 0.1) is 7.11 Å². The maximum atomic E-state index is 11.9. The summed E-state index contributed by atoms with van der Waals surface area (Å²) in [5.74, 6) is 1.72. The molecule has 1 heterocycles. The van der Waals surface area contributed by atoms with Gasteiger partial charge in [-0.15, -0.1) is 0 Å². The molecule has 0 spiro atoms. The van der Waals surface area contributed by atoms with Crippen molar-refractivity contribution in [1.82, 2.24) is 10.6 Å². The van der Waals surface area contributed by atoms with E-state index in [0.717, 1.165) is 11.3 Å². The lowest BCUT2D eigenvalue weighted by Gasteiger charge is -2.09. The van der Waals surface area contributed by atoms with Gasteiger partial charge in [-0.25, -0.2) is 0 Å². The Kier molecular flexibility index (Phi) is 4.04. The average molecular weight is 261 g/mol. The van der Waals surface area contributed by atoms with Crippen LogP contribution in [0.5, 0.6) is 5.75 Å². The van der Waals surface area contributed by atoms with Gasteiger partial charge in [0.15, 0.2) is 5.96 Å². The molecule has 1 fully saturated rings. The fourth-order valence-corrected chi connectivity index (χ4v) is 1.82. The molecular weight excluding hydrogens is 242 g/mol. The molecule has 1 atom stereocenters. The minimum absolute atomic E-state index is 0.0762.